The van der Waals surface area contributed by atoms with E-state index in [0.717, 1.165) is 16.4 Å². The highest BCUT2D eigenvalue weighted by Crippen LogP contribution is 2.25. The molecular weight excluding hydrogens is 228 g/mol. The van der Waals surface area contributed by atoms with Crippen LogP contribution in [0.15, 0.2) is 29.6 Å². The fourth-order valence-corrected chi connectivity index (χ4v) is 2.31. The normalized spacial score (nSPS) is 11.5. The van der Waals surface area contributed by atoms with Crippen molar-refractivity contribution in [3.63, 3.8) is 0 Å². The highest BCUT2D eigenvalue weighted by atomic mass is 32.1. The molecule has 3 heteroatoms. The molecule has 1 aromatic carbocycles. The standard InChI is InChI=1S/C14H18N2S/c1-10-15-13(9-17-10)11-6-5-7-12(8-11)16-14(2,3)4/h5-9,16H,1-4H3. The Morgan fingerprint density at radius 3 is 2.59 bits per heavy atom. The van der Waals surface area contributed by atoms with Crippen molar-refractivity contribution in [2.24, 2.45) is 0 Å². The monoisotopic (exact) mass is 246 g/mol. The molecule has 1 aromatic heterocycles. The number of anilines is 1. The number of rotatable bonds is 2. The third kappa shape index (κ3) is 3.30. The third-order valence-electron chi connectivity index (χ3n) is 2.30. The van der Waals surface area contributed by atoms with Crippen molar-refractivity contribution >= 4 is 17.0 Å². The number of hydrogen-bond acceptors (Lipinski definition) is 3. The van der Waals surface area contributed by atoms with Gasteiger partial charge in [0.15, 0.2) is 0 Å². The van der Waals surface area contributed by atoms with E-state index < -0.39 is 0 Å². The second kappa shape index (κ2) is 4.49. The number of nitrogens with zero attached hydrogens (tertiary/aromatic N) is 1. The van der Waals surface area contributed by atoms with Crippen LogP contribution in [0.1, 0.15) is 25.8 Å². The maximum atomic E-state index is 4.51. The first-order chi connectivity index (χ1) is 7.94. The van der Waals surface area contributed by atoms with E-state index >= 15 is 0 Å². The summed E-state index contributed by atoms with van der Waals surface area (Å²) in [5, 5.41) is 6.68. The molecule has 0 radical (unpaired) electrons. The summed E-state index contributed by atoms with van der Waals surface area (Å²) in [7, 11) is 0. The molecule has 0 aliphatic rings. The zero-order valence-electron chi connectivity index (χ0n) is 10.7. The first-order valence-electron chi connectivity index (χ1n) is 5.75. The minimum Gasteiger partial charge on any atom is -0.380 e. The lowest BCUT2D eigenvalue weighted by Crippen LogP contribution is -2.25. The molecule has 0 saturated carbocycles. The minimum atomic E-state index is 0.0800. The zero-order chi connectivity index (χ0) is 12.5. The maximum absolute atomic E-state index is 4.51. The van der Waals surface area contributed by atoms with Gasteiger partial charge in [0.1, 0.15) is 0 Å². The Morgan fingerprint density at radius 1 is 1.24 bits per heavy atom. The average Bonchev–Trinajstić information content (AvgIpc) is 2.63. The van der Waals surface area contributed by atoms with Crippen molar-refractivity contribution in [3.05, 3.63) is 34.7 Å². The van der Waals surface area contributed by atoms with Crippen LogP contribution in [0.3, 0.4) is 0 Å². The summed E-state index contributed by atoms with van der Waals surface area (Å²) in [4.78, 5) is 4.51. The summed E-state index contributed by atoms with van der Waals surface area (Å²) >= 11 is 1.69. The smallest absolute Gasteiger partial charge is 0.0901 e. The molecule has 0 aliphatic carbocycles. The Bertz CT molecular complexity index is 509. The van der Waals surface area contributed by atoms with Crippen molar-refractivity contribution in [2.45, 2.75) is 33.2 Å². The van der Waals surface area contributed by atoms with Gasteiger partial charge in [-0.15, -0.1) is 11.3 Å². The molecular formula is C14H18N2S. The summed E-state index contributed by atoms with van der Waals surface area (Å²) < 4.78 is 0. The SMILES string of the molecule is Cc1nc(-c2cccc(NC(C)(C)C)c2)cs1. The zero-order valence-corrected chi connectivity index (χ0v) is 11.6. The van der Waals surface area contributed by atoms with Crippen LogP contribution in [0.25, 0.3) is 11.3 Å². The molecule has 0 unspecified atom stereocenters. The topological polar surface area (TPSA) is 24.9 Å². The molecule has 2 nitrogen and oxygen atoms in total. The number of thiazole rings is 1. The Kier molecular flexibility index (Phi) is 3.20. The van der Waals surface area contributed by atoms with E-state index in [4.69, 9.17) is 0 Å². The molecule has 17 heavy (non-hydrogen) atoms. The van der Waals surface area contributed by atoms with Crippen molar-refractivity contribution < 1.29 is 0 Å². The maximum Gasteiger partial charge on any atom is 0.0901 e. The van der Waals surface area contributed by atoms with E-state index in [1.807, 2.05) is 6.92 Å². The predicted molar refractivity (Wildman–Crippen MR) is 75.7 cm³/mol. The van der Waals surface area contributed by atoms with E-state index in [0.29, 0.717) is 0 Å². The van der Waals surface area contributed by atoms with Gasteiger partial charge in [0.25, 0.3) is 0 Å². The summed E-state index contributed by atoms with van der Waals surface area (Å²) in [6, 6.07) is 8.41. The highest BCUT2D eigenvalue weighted by Gasteiger charge is 2.10. The molecule has 0 amide bonds. The Balaban J connectivity index is 2.29. The third-order valence-corrected chi connectivity index (χ3v) is 3.07. The van der Waals surface area contributed by atoms with Crippen molar-refractivity contribution in [1.29, 1.82) is 0 Å². The Hall–Kier alpha value is -1.35. The van der Waals surface area contributed by atoms with Crippen LogP contribution in [-0.4, -0.2) is 10.5 Å². The largest absolute Gasteiger partial charge is 0.380 e. The fourth-order valence-electron chi connectivity index (χ4n) is 1.69. The highest BCUT2D eigenvalue weighted by molar-refractivity contribution is 7.09. The van der Waals surface area contributed by atoms with Gasteiger partial charge < -0.3 is 5.32 Å². The summed E-state index contributed by atoms with van der Waals surface area (Å²) in [6.45, 7) is 8.51. The number of aromatic nitrogens is 1. The molecule has 2 rings (SSSR count). The van der Waals surface area contributed by atoms with Crippen LogP contribution in [-0.2, 0) is 0 Å². The van der Waals surface area contributed by atoms with Gasteiger partial charge in [-0.05, 0) is 39.8 Å². The lowest BCUT2D eigenvalue weighted by Gasteiger charge is -2.22. The lowest BCUT2D eigenvalue weighted by atomic mass is 10.1. The van der Waals surface area contributed by atoms with E-state index in [1.165, 1.54) is 5.56 Å². The molecule has 1 heterocycles. The van der Waals surface area contributed by atoms with Crippen LogP contribution in [0.5, 0.6) is 0 Å². The van der Waals surface area contributed by atoms with Crippen molar-refractivity contribution in [2.75, 3.05) is 5.32 Å². The molecule has 90 valence electrons. The van der Waals surface area contributed by atoms with Crippen LogP contribution < -0.4 is 5.32 Å². The minimum absolute atomic E-state index is 0.0800. The average molecular weight is 246 g/mol. The second-order valence-corrected chi connectivity index (χ2v) is 6.27. The van der Waals surface area contributed by atoms with Crippen LogP contribution in [0.4, 0.5) is 5.69 Å². The van der Waals surface area contributed by atoms with Gasteiger partial charge in [0.05, 0.1) is 10.7 Å². The molecule has 0 bridgehead atoms. The van der Waals surface area contributed by atoms with Crippen LogP contribution >= 0.6 is 11.3 Å². The number of aryl methyl sites for hydroxylation is 1. The van der Waals surface area contributed by atoms with Crippen molar-refractivity contribution in [3.8, 4) is 11.3 Å². The van der Waals surface area contributed by atoms with E-state index in [2.05, 4.69) is 60.7 Å². The first-order valence-corrected chi connectivity index (χ1v) is 6.63. The predicted octanol–water partition coefficient (Wildman–Crippen LogP) is 4.33. The molecule has 0 spiro atoms. The van der Waals surface area contributed by atoms with Gasteiger partial charge in [-0.1, -0.05) is 12.1 Å². The van der Waals surface area contributed by atoms with E-state index in [9.17, 15) is 0 Å². The van der Waals surface area contributed by atoms with E-state index in [-0.39, 0.29) is 5.54 Å². The number of nitrogens with one attached hydrogen (secondary N) is 1. The molecule has 0 saturated heterocycles. The van der Waals surface area contributed by atoms with Gasteiger partial charge in [-0.3, -0.25) is 0 Å². The van der Waals surface area contributed by atoms with Gasteiger partial charge in [-0.2, -0.15) is 0 Å². The molecule has 2 aromatic rings. The van der Waals surface area contributed by atoms with Gasteiger partial charge in [0.2, 0.25) is 0 Å². The van der Waals surface area contributed by atoms with Crippen molar-refractivity contribution in [1.82, 2.24) is 4.98 Å². The summed E-state index contributed by atoms with van der Waals surface area (Å²) in [6.07, 6.45) is 0. The fraction of sp³-hybridized carbons (Fsp3) is 0.357. The summed E-state index contributed by atoms with van der Waals surface area (Å²) in [5.41, 5.74) is 3.45. The molecule has 0 fully saturated rings. The number of benzene rings is 1. The molecule has 0 aliphatic heterocycles. The molecule has 1 N–H and O–H groups in total. The van der Waals surface area contributed by atoms with E-state index in [1.54, 1.807) is 11.3 Å². The Morgan fingerprint density at radius 2 is 2.00 bits per heavy atom. The second-order valence-electron chi connectivity index (χ2n) is 5.21. The Labute approximate surface area is 107 Å². The quantitative estimate of drug-likeness (QED) is 0.853. The van der Waals surface area contributed by atoms with Gasteiger partial charge in [-0.25, -0.2) is 4.98 Å². The number of hydrogen-bond donors (Lipinski definition) is 1. The van der Waals surface area contributed by atoms with Gasteiger partial charge in [0, 0.05) is 22.2 Å². The van der Waals surface area contributed by atoms with Crippen LogP contribution in [0.2, 0.25) is 0 Å². The molecule has 0 atom stereocenters. The van der Waals surface area contributed by atoms with Gasteiger partial charge >= 0.3 is 0 Å². The first kappa shape index (κ1) is 12.1. The summed E-state index contributed by atoms with van der Waals surface area (Å²) in [5.74, 6) is 0. The van der Waals surface area contributed by atoms with Crippen LogP contribution in [0, 0.1) is 6.92 Å². The lowest BCUT2D eigenvalue weighted by molar-refractivity contribution is 0.634.